The molecule has 274 valence electrons. The van der Waals surface area contributed by atoms with Crippen LogP contribution < -0.4 is 16.4 Å². The van der Waals surface area contributed by atoms with E-state index < -0.39 is 86.8 Å². The minimum absolute atomic E-state index is 0.0996. The van der Waals surface area contributed by atoms with Crippen LogP contribution in [-0.4, -0.2) is 180 Å². The van der Waals surface area contributed by atoms with Crippen molar-refractivity contribution >= 4 is 18.0 Å². The topological polar surface area (TPSA) is 288 Å². The quantitative estimate of drug-likeness (QED) is 0.0371. The first-order valence-corrected chi connectivity index (χ1v) is 15.7. The minimum Gasteiger partial charge on any atom is -0.450 e. The summed E-state index contributed by atoms with van der Waals surface area (Å²) >= 11 is 0. The zero-order chi connectivity index (χ0) is 35.1. The Kier molecular flexibility index (Phi) is 18.1. The maximum Gasteiger partial charge on any atom is 0.407 e. The molecule has 2 aliphatic rings. The van der Waals surface area contributed by atoms with E-state index in [0.29, 0.717) is 51.2 Å². The normalized spacial score (nSPS) is 32.0. The zero-order valence-corrected chi connectivity index (χ0v) is 27.1. The fourth-order valence-electron chi connectivity index (χ4n) is 4.85. The second kappa shape index (κ2) is 20.8. The molecule has 0 bridgehead atoms. The summed E-state index contributed by atoms with van der Waals surface area (Å²) in [5.74, 6) is -0.0190. The molecule has 19 nitrogen and oxygen atoms in total. The molecule has 11 atom stereocenters. The molecular formula is C28H53N5O14. The first-order chi connectivity index (χ1) is 22.4. The molecule has 0 aromatic heterocycles. The summed E-state index contributed by atoms with van der Waals surface area (Å²) in [6, 6.07) is -0.822. The number of aliphatic hydroxyl groups is 7. The number of nitrogens with zero attached hydrogens (tertiary/aromatic N) is 2. The van der Waals surface area contributed by atoms with E-state index in [1.165, 1.54) is 0 Å². The summed E-state index contributed by atoms with van der Waals surface area (Å²) < 4.78 is 26.9. The molecule has 0 aliphatic carbocycles. The molecule has 11 N–H and O–H groups in total. The van der Waals surface area contributed by atoms with Gasteiger partial charge in [0.2, 0.25) is 5.91 Å². The van der Waals surface area contributed by atoms with Crippen molar-refractivity contribution in [2.45, 2.75) is 106 Å². The molecule has 0 aromatic rings. The van der Waals surface area contributed by atoms with Crippen molar-refractivity contribution in [2.75, 3.05) is 53.6 Å². The SMILES string of the molecule is CCOC(=O)N[C@@H](CCCN=C(N)N(C)C)C(=O)NCCCCCO[C@@H]1OC(CO)[C@@H](O[C@@H]2OC(CO)[C@@H](O)C(O)C2O)C(O)C1O. The molecule has 47 heavy (non-hydrogen) atoms. The number of nitrogens with two attached hydrogens (primary N) is 1. The van der Waals surface area contributed by atoms with E-state index in [0.717, 1.165) is 0 Å². The predicted molar refractivity (Wildman–Crippen MR) is 163 cm³/mol. The van der Waals surface area contributed by atoms with E-state index in [9.17, 15) is 45.3 Å². The standard InChI is InChI=1S/C28H53N5O14/c1-4-43-28(42)32-15(9-8-11-31-27(29)33(2)3)24(41)30-10-6-5-7-12-44-25-22(40)20(38)23(17(14-35)46-25)47-26-21(39)19(37)18(36)16(13-34)45-26/h15-23,25-26,34-40H,4-14H2,1-3H3,(H2,29,31)(H,30,41)(H,32,42)/t15-,16?,17?,18+,19?,20?,21?,22?,23+,25+,26-/m0/s1. The highest BCUT2D eigenvalue weighted by molar-refractivity contribution is 5.85. The number of carbonyl (C=O) groups excluding carboxylic acids is 2. The number of nitrogens with one attached hydrogen (secondary N) is 2. The average Bonchev–Trinajstić information content (AvgIpc) is 3.04. The number of ether oxygens (including phenoxy) is 5. The molecule has 2 fully saturated rings. The van der Waals surface area contributed by atoms with Gasteiger partial charge in [0.15, 0.2) is 18.5 Å². The number of amides is 2. The van der Waals surface area contributed by atoms with Gasteiger partial charge in [0.05, 0.1) is 19.8 Å². The molecular weight excluding hydrogens is 630 g/mol. The highest BCUT2D eigenvalue weighted by Gasteiger charge is 2.50. The number of aliphatic hydroxyl groups excluding tert-OH is 7. The van der Waals surface area contributed by atoms with E-state index in [4.69, 9.17) is 29.4 Å². The third-order valence-corrected chi connectivity index (χ3v) is 7.63. The van der Waals surface area contributed by atoms with Crippen molar-refractivity contribution < 1.29 is 69.0 Å². The Morgan fingerprint density at radius 3 is 2.19 bits per heavy atom. The lowest BCUT2D eigenvalue weighted by Crippen LogP contribution is -2.64. The second-order valence-corrected chi connectivity index (χ2v) is 11.4. The summed E-state index contributed by atoms with van der Waals surface area (Å²) in [5.41, 5.74) is 5.77. The van der Waals surface area contributed by atoms with Crippen LogP contribution in [0, 0.1) is 0 Å². The lowest BCUT2D eigenvalue weighted by molar-refractivity contribution is -0.359. The van der Waals surface area contributed by atoms with E-state index in [2.05, 4.69) is 15.6 Å². The minimum atomic E-state index is -1.76. The monoisotopic (exact) mass is 683 g/mol. The molecule has 2 amide bonds. The largest absolute Gasteiger partial charge is 0.450 e. The molecule has 0 aromatic carbocycles. The predicted octanol–water partition coefficient (Wildman–Crippen LogP) is -4.32. The van der Waals surface area contributed by atoms with Gasteiger partial charge < -0.3 is 80.7 Å². The van der Waals surface area contributed by atoms with Crippen LogP contribution in [0.3, 0.4) is 0 Å². The van der Waals surface area contributed by atoms with Gasteiger partial charge in [0.25, 0.3) is 0 Å². The number of aliphatic imine (C=N–C) groups is 1. The van der Waals surface area contributed by atoms with Crippen LogP contribution in [0.2, 0.25) is 0 Å². The van der Waals surface area contributed by atoms with Crippen molar-refractivity contribution in [3.63, 3.8) is 0 Å². The van der Waals surface area contributed by atoms with Crippen molar-refractivity contribution in [2.24, 2.45) is 10.7 Å². The Bertz CT molecular complexity index is 961. The van der Waals surface area contributed by atoms with Crippen LogP contribution >= 0.6 is 0 Å². The lowest BCUT2D eigenvalue weighted by atomic mass is 9.97. The van der Waals surface area contributed by atoms with Gasteiger partial charge in [-0.2, -0.15) is 0 Å². The Morgan fingerprint density at radius 1 is 0.894 bits per heavy atom. The first kappa shape index (κ1) is 40.7. The number of hydrogen-bond acceptors (Lipinski definition) is 15. The molecule has 0 radical (unpaired) electrons. The molecule has 2 heterocycles. The number of guanidine groups is 1. The Morgan fingerprint density at radius 2 is 1.55 bits per heavy atom. The van der Waals surface area contributed by atoms with Gasteiger partial charge in [-0.25, -0.2) is 4.79 Å². The fraction of sp³-hybridized carbons (Fsp3) is 0.893. The number of alkyl carbamates (subject to hydrolysis) is 1. The van der Waals surface area contributed by atoms with E-state index in [1.54, 1.807) is 25.9 Å². The average molecular weight is 684 g/mol. The lowest BCUT2D eigenvalue weighted by Gasteiger charge is -2.45. The smallest absolute Gasteiger partial charge is 0.407 e. The zero-order valence-electron chi connectivity index (χ0n) is 27.1. The maximum absolute atomic E-state index is 12.7. The van der Waals surface area contributed by atoms with Gasteiger partial charge in [-0.1, -0.05) is 0 Å². The Labute approximate surface area is 273 Å². The summed E-state index contributed by atoms with van der Waals surface area (Å²) in [4.78, 5) is 30.5. The fourth-order valence-corrected chi connectivity index (χ4v) is 4.85. The summed E-state index contributed by atoms with van der Waals surface area (Å²) in [5, 5.41) is 76.0. The number of rotatable bonds is 18. The third-order valence-electron chi connectivity index (χ3n) is 7.63. The van der Waals surface area contributed by atoms with Crippen molar-refractivity contribution in [1.29, 1.82) is 0 Å². The van der Waals surface area contributed by atoms with Crippen molar-refractivity contribution in [3.8, 4) is 0 Å². The van der Waals surface area contributed by atoms with Gasteiger partial charge in [0, 0.05) is 33.8 Å². The molecule has 6 unspecified atom stereocenters. The van der Waals surface area contributed by atoms with Crippen molar-refractivity contribution in [3.05, 3.63) is 0 Å². The highest BCUT2D eigenvalue weighted by atomic mass is 16.7. The van der Waals surface area contributed by atoms with Crippen LogP contribution in [0.15, 0.2) is 4.99 Å². The van der Waals surface area contributed by atoms with E-state index in [-0.39, 0.29) is 19.1 Å². The maximum atomic E-state index is 12.7. The molecule has 2 aliphatic heterocycles. The van der Waals surface area contributed by atoms with Crippen LogP contribution in [0.25, 0.3) is 0 Å². The summed E-state index contributed by atoms with van der Waals surface area (Å²) in [7, 11) is 3.52. The Balaban J connectivity index is 1.77. The van der Waals surface area contributed by atoms with E-state index >= 15 is 0 Å². The number of carbonyl (C=O) groups is 2. The molecule has 0 spiro atoms. The molecule has 19 heteroatoms. The van der Waals surface area contributed by atoms with Gasteiger partial charge >= 0.3 is 6.09 Å². The van der Waals surface area contributed by atoms with Gasteiger partial charge in [-0.3, -0.25) is 9.79 Å². The van der Waals surface area contributed by atoms with E-state index in [1.807, 2.05) is 0 Å². The molecule has 0 saturated carbocycles. The molecule has 2 saturated heterocycles. The second-order valence-electron chi connectivity index (χ2n) is 11.4. The van der Waals surface area contributed by atoms with Crippen LogP contribution in [0.5, 0.6) is 0 Å². The van der Waals surface area contributed by atoms with Gasteiger partial charge in [-0.05, 0) is 39.0 Å². The van der Waals surface area contributed by atoms with Gasteiger partial charge in [0.1, 0.15) is 54.9 Å². The molecule has 2 rings (SSSR count). The third kappa shape index (κ3) is 12.5. The van der Waals surface area contributed by atoms with Crippen LogP contribution in [0.4, 0.5) is 4.79 Å². The number of hydrogen-bond donors (Lipinski definition) is 10. The number of unbranched alkanes of at least 4 members (excludes halogenated alkanes) is 2. The first-order valence-electron chi connectivity index (χ1n) is 15.7. The summed E-state index contributed by atoms with van der Waals surface area (Å²) in [6.07, 6.45) is -13.5. The van der Waals surface area contributed by atoms with Gasteiger partial charge in [-0.15, -0.1) is 0 Å². The Hall–Kier alpha value is -2.43. The summed E-state index contributed by atoms with van der Waals surface area (Å²) in [6.45, 7) is 1.24. The van der Waals surface area contributed by atoms with Crippen molar-refractivity contribution in [1.82, 2.24) is 15.5 Å². The van der Waals surface area contributed by atoms with Crippen LogP contribution in [-0.2, 0) is 28.5 Å². The highest BCUT2D eigenvalue weighted by Crippen LogP contribution is 2.29. The van der Waals surface area contributed by atoms with Crippen LogP contribution in [0.1, 0.15) is 39.0 Å².